The highest BCUT2D eigenvalue weighted by molar-refractivity contribution is 6.31. The van der Waals surface area contributed by atoms with Crippen LogP contribution >= 0.6 is 24.0 Å². The molecule has 0 spiro atoms. The van der Waals surface area contributed by atoms with Crippen LogP contribution in [0.1, 0.15) is 29.3 Å². The van der Waals surface area contributed by atoms with E-state index in [0.29, 0.717) is 18.3 Å². The van der Waals surface area contributed by atoms with E-state index in [1.165, 1.54) is 11.3 Å². The molecule has 0 saturated carbocycles. The van der Waals surface area contributed by atoms with Crippen molar-refractivity contribution in [3.05, 3.63) is 40.0 Å². The zero-order valence-electron chi connectivity index (χ0n) is 11.8. The molecule has 0 saturated heterocycles. The Hall–Kier alpha value is -1.30. The smallest absolute Gasteiger partial charge is 0.240 e. The second-order valence-corrected chi connectivity index (χ2v) is 5.42. The van der Waals surface area contributed by atoms with Crippen molar-refractivity contribution in [2.75, 3.05) is 11.4 Å². The highest BCUT2D eigenvalue weighted by atomic mass is 35.5. The summed E-state index contributed by atoms with van der Waals surface area (Å²) in [5.74, 6) is 1.14. The molecule has 0 amide bonds. The fraction of sp³-hybridized carbons (Fsp3) is 0.429. The standard InChI is InChI=1S/C14H17ClN4O.ClH/c1-9-11(15)5-4-10-3-2-6-19(14(9)10)8-12-17-13(7-16)20-18-12;/h4-5H,2-3,6-8,16H2,1H3;1H. The molecular formula is C14H18Cl2N4O. The van der Waals surface area contributed by atoms with Crippen LogP contribution in [0.4, 0.5) is 5.69 Å². The molecule has 1 aliphatic heterocycles. The lowest BCUT2D eigenvalue weighted by atomic mass is 9.98. The predicted molar refractivity (Wildman–Crippen MR) is 85.0 cm³/mol. The third kappa shape index (κ3) is 3.15. The Kier molecular flexibility index (Phi) is 5.08. The molecule has 1 aliphatic rings. The first kappa shape index (κ1) is 16.1. The van der Waals surface area contributed by atoms with Gasteiger partial charge in [-0.05, 0) is 37.0 Å². The summed E-state index contributed by atoms with van der Waals surface area (Å²) in [6, 6.07) is 4.08. The van der Waals surface area contributed by atoms with Crippen LogP contribution in [0.3, 0.4) is 0 Å². The van der Waals surface area contributed by atoms with Crippen molar-refractivity contribution in [3.8, 4) is 0 Å². The van der Waals surface area contributed by atoms with Gasteiger partial charge in [0, 0.05) is 17.3 Å². The number of aryl methyl sites for hydroxylation is 1. The van der Waals surface area contributed by atoms with Crippen molar-refractivity contribution >= 4 is 29.7 Å². The van der Waals surface area contributed by atoms with Gasteiger partial charge in [0.1, 0.15) is 0 Å². The molecule has 0 fully saturated rings. The first-order valence-electron chi connectivity index (χ1n) is 6.73. The molecule has 1 aromatic heterocycles. The molecule has 2 N–H and O–H groups in total. The minimum Gasteiger partial charge on any atom is -0.363 e. The molecule has 1 aromatic carbocycles. The second kappa shape index (κ2) is 6.64. The van der Waals surface area contributed by atoms with Crippen LogP contribution in [-0.4, -0.2) is 16.7 Å². The van der Waals surface area contributed by atoms with Crippen LogP contribution < -0.4 is 10.6 Å². The minimum absolute atomic E-state index is 0. The van der Waals surface area contributed by atoms with Gasteiger partial charge < -0.3 is 15.2 Å². The summed E-state index contributed by atoms with van der Waals surface area (Å²) in [7, 11) is 0. The molecule has 7 heteroatoms. The van der Waals surface area contributed by atoms with E-state index in [1.807, 2.05) is 6.07 Å². The highest BCUT2D eigenvalue weighted by Crippen LogP contribution is 2.35. The summed E-state index contributed by atoms with van der Waals surface area (Å²) in [6.45, 7) is 3.92. The summed E-state index contributed by atoms with van der Waals surface area (Å²) in [5, 5.41) is 4.76. The SMILES string of the molecule is Cc1c(Cl)ccc2c1N(Cc1noc(CN)n1)CCC2.Cl. The van der Waals surface area contributed by atoms with Crippen LogP contribution in [0.15, 0.2) is 16.7 Å². The minimum atomic E-state index is 0. The maximum absolute atomic E-state index is 6.25. The van der Waals surface area contributed by atoms with E-state index in [4.69, 9.17) is 21.9 Å². The van der Waals surface area contributed by atoms with E-state index >= 15 is 0 Å². The number of hydrogen-bond donors (Lipinski definition) is 1. The predicted octanol–water partition coefficient (Wildman–Crippen LogP) is 2.86. The van der Waals surface area contributed by atoms with E-state index in [2.05, 4.69) is 28.0 Å². The first-order chi connectivity index (χ1) is 9.69. The number of nitrogens with zero attached hydrogens (tertiary/aromatic N) is 3. The molecule has 0 unspecified atom stereocenters. The number of anilines is 1. The third-order valence-corrected chi connectivity index (χ3v) is 4.07. The molecule has 2 aromatic rings. The van der Waals surface area contributed by atoms with Gasteiger partial charge >= 0.3 is 0 Å². The molecule has 0 bridgehead atoms. The number of nitrogens with two attached hydrogens (primary N) is 1. The number of halogens is 2. The monoisotopic (exact) mass is 328 g/mol. The second-order valence-electron chi connectivity index (χ2n) is 5.01. The van der Waals surface area contributed by atoms with Crippen LogP contribution in [-0.2, 0) is 19.5 Å². The molecule has 0 aliphatic carbocycles. The topological polar surface area (TPSA) is 68.2 Å². The molecule has 0 radical (unpaired) electrons. The highest BCUT2D eigenvalue weighted by Gasteiger charge is 2.21. The Bertz CT molecular complexity index is 629. The molecule has 5 nitrogen and oxygen atoms in total. The van der Waals surface area contributed by atoms with Crippen molar-refractivity contribution in [2.24, 2.45) is 5.73 Å². The van der Waals surface area contributed by atoms with Gasteiger partial charge in [0.15, 0.2) is 5.82 Å². The largest absolute Gasteiger partial charge is 0.363 e. The van der Waals surface area contributed by atoms with Gasteiger partial charge in [-0.3, -0.25) is 0 Å². The van der Waals surface area contributed by atoms with Crippen LogP contribution in [0.5, 0.6) is 0 Å². The van der Waals surface area contributed by atoms with E-state index in [1.54, 1.807) is 0 Å². The van der Waals surface area contributed by atoms with Crippen molar-refractivity contribution < 1.29 is 4.52 Å². The van der Waals surface area contributed by atoms with Crippen LogP contribution in [0, 0.1) is 6.92 Å². The summed E-state index contributed by atoms with van der Waals surface area (Å²) >= 11 is 6.25. The summed E-state index contributed by atoms with van der Waals surface area (Å²) in [6.07, 6.45) is 2.21. The Morgan fingerprint density at radius 1 is 1.43 bits per heavy atom. The fourth-order valence-corrected chi connectivity index (χ4v) is 2.86. The number of rotatable bonds is 3. The van der Waals surface area contributed by atoms with E-state index in [0.717, 1.165) is 30.0 Å². The van der Waals surface area contributed by atoms with E-state index < -0.39 is 0 Å². The van der Waals surface area contributed by atoms with Crippen LogP contribution in [0.25, 0.3) is 0 Å². The van der Waals surface area contributed by atoms with Gasteiger partial charge in [-0.15, -0.1) is 12.4 Å². The normalized spacial score (nSPS) is 13.8. The van der Waals surface area contributed by atoms with Crippen LogP contribution in [0.2, 0.25) is 5.02 Å². The average Bonchev–Trinajstić information content (AvgIpc) is 2.91. The number of hydrogen-bond acceptors (Lipinski definition) is 5. The van der Waals surface area contributed by atoms with Crippen molar-refractivity contribution in [1.82, 2.24) is 10.1 Å². The van der Waals surface area contributed by atoms with Gasteiger partial charge in [-0.1, -0.05) is 22.8 Å². The van der Waals surface area contributed by atoms with Gasteiger partial charge in [-0.25, -0.2) is 0 Å². The number of benzene rings is 1. The van der Waals surface area contributed by atoms with Gasteiger partial charge in [-0.2, -0.15) is 4.98 Å². The molecule has 2 heterocycles. The van der Waals surface area contributed by atoms with Gasteiger partial charge in [0.2, 0.25) is 5.89 Å². The average molecular weight is 329 g/mol. The lowest BCUT2D eigenvalue weighted by Crippen LogP contribution is -2.30. The Morgan fingerprint density at radius 3 is 2.95 bits per heavy atom. The quantitative estimate of drug-likeness (QED) is 0.938. The molecule has 3 rings (SSSR count). The Balaban J connectivity index is 0.00000161. The summed E-state index contributed by atoms with van der Waals surface area (Å²) in [4.78, 5) is 6.54. The van der Waals surface area contributed by atoms with Gasteiger partial charge in [0.05, 0.1) is 13.1 Å². The lowest BCUT2D eigenvalue weighted by Gasteiger charge is -2.32. The first-order valence-corrected chi connectivity index (χ1v) is 7.11. The number of aromatic nitrogens is 2. The maximum atomic E-state index is 6.25. The lowest BCUT2D eigenvalue weighted by molar-refractivity contribution is 0.374. The number of fused-ring (bicyclic) bond motifs is 1. The zero-order chi connectivity index (χ0) is 14.1. The fourth-order valence-electron chi connectivity index (χ4n) is 2.71. The van der Waals surface area contributed by atoms with Crippen molar-refractivity contribution in [2.45, 2.75) is 32.9 Å². The summed E-state index contributed by atoms with van der Waals surface area (Å²) < 4.78 is 5.06. The third-order valence-electron chi connectivity index (χ3n) is 3.66. The van der Waals surface area contributed by atoms with Gasteiger partial charge in [0.25, 0.3) is 0 Å². The molecule has 0 atom stereocenters. The van der Waals surface area contributed by atoms with Crippen molar-refractivity contribution in [1.29, 1.82) is 0 Å². The van der Waals surface area contributed by atoms with E-state index in [-0.39, 0.29) is 19.0 Å². The Labute approximate surface area is 134 Å². The molecular weight excluding hydrogens is 311 g/mol. The van der Waals surface area contributed by atoms with Crippen molar-refractivity contribution in [3.63, 3.8) is 0 Å². The molecule has 21 heavy (non-hydrogen) atoms. The molecule has 114 valence electrons. The maximum Gasteiger partial charge on any atom is 0.240 e. The zero-order valence-corrected chi connectivity index (χ0v) is 13.4. The summed E-state index contributed by atoms with van der Waals surface area (Å²) in [5.41, 5.74) is 9.15. The van der Waals surface area contributed by atoms with E-state index in [9.17, 15) is 0 Å². The Morgan fingerprint density at radius 2 is 2.24 bits per heavy atom.